The second kappa shape index (κ2) is 11.0. The monoisotopic (exact) mass is 387 g/mol. The van der Waals surface area contributed by atoms with Crippen LogP contribution in [0, 0.1) is 6.92 Å². The predicted octanol–water partition coefficient (Wildman–Crippen LogP) is 5.59. The van der Waals surface area contributed by atoms with Crippen LogP contribution in [0.1, 0.15) is 29.2 Å². The summed E-state index contributed by atoms with van der Waals surface area (Å²) in [6.45, 7) is 8.45. The number of carbonyl (C=O) groups is 1. The fraction of sp³-hybridized carbons (Fsp3) is 0.192. The first-order chi connectivity index (χ1) is 14.0. The molecule has 0 atom stereocenters. The van der Waals surface area contributed by atoms with E-state index in [1.54, 1.807) is 11.0 Å². The first kappa shape index (κ1) is 22.1. The largest absolute Gasteiger partial charge is 0.480 e. The Bertz CT molecular complexity index is 933. The van der Waals surface area contributed by atoms with Crippen molar-refractivity contribution in [1.29, 1.82) is 0 Å². The van der Waals surface area contributed by atoms with Gasteiger partial charge in [0.25, 0.3) is 0 Å². The van der Waals surface area contributed by atoms with E-state index in [0.717, 1.165) is 27.8 Å². The van der Waals surface area contributed by atoms with Gasteiger partial charge in [-0.25, -0.2) is 0 Å². The van der Waals surface area contributed by atoms with Crippen LogP contribution in [-0.2, 0) is 4.79 Å². The van der Waals surface area contributed by atoms with Crippen LogP contribution >= 0.6 is 0 Å². The number of aryl methyl sites for hydroxylation is 1. The molecule has 0 unspecified atom stereocenters. The van der Waals surface area contributed by atoms with Crippen molar-refractivity contribution in [3.05, 3.63) is 108 Å². The van der Waals surface area contributed by atoms with E-state index < -0.39 is 5.97 Å². The number of carboxylic acid groups (broad SMARTS) is 1. The van der Waals surface area contributed by atoms with E-state index in [-0.39, 0.29) is 6.54 Å². The number of carboxylic acids is 1. The van der Waals surface area contributed by atoms with Gasteiger partial charge in [-0.05, 0) is 54.3 Å². The van der Waals surface area contributed by atoms with Crippen LogP contribution in [0.2, 0.25) is 0 Å². The maximum Gasteiger partial charge on any atom is 0.317 e. The quantitative estimate of drug-likeness (QED) is 0.570. The highest BCUT2D eigenvalue weighted by Crippen LogP contribution is 2.28. The molecule has 29 heavy (non-hydrogen) atoms. The second-order valence-corrected chi connectivity index (χ2v) is 6.96. The summed E-state index contributed by atoms with van der Waals surface area (Å²) in [4.78, 5) is 12.8. The molecule has 150 valence electrons. The minimum atomic E-state index is -0.826. The van der Waals surface area contributed by atoms with Crippen molar-refractivity contribution in [2.45, 2.75) is 13.8 Å². The van der Waals surface area contributed by atoms with Crippen molar-refractivity contribution in [1.82, 2.24) is 4.90 Å². The first-order valence-electron chi connectivity index (χ1n) is 9.69. The molecule has 0 spiro atoms. The minimum Gasteiger partial charge on any atom is -0.480 e. The first-order valence-corrected chi connectivity index (χ1v) is 9.69. The molecule has 0 amide bonds. The number of benzene rings is 2. The van der Waals surface area contributed by atoms with Gasteiger partial charge in [0.1, 0.15) is 0 Å². The third-order valence-corrected chi connectivity index (χ3v) is 4.62. The van der Waals surface area contributed by atoms with Crippen molar-refractivity contribution < 1.29 is 9.90 Å². The summed E-state index contributed by atoms with van der Waals surface area (Å²) in [5, 5.41) is 9.02. The van der Waals surface area contributed by atoms with Crippen LogP contribution in [0.15, 0.2) is 85.5 Å². The standard InChI is InChI=1S/C26H29NO2/c1-5-9-21(10-6-2)22-13-15-23(16-14-22)25(17-18-27(4)19-26(28)29)24-12-8-7-11-20(24)3/h5-17H,1,18-19H2,2-4H3,(H,28,29)/b10-6-,21-9+,25-17-. The molecule has 3 heteroatoms. The zero-order valence-corrected chi connectivity index (χ0v) is 17.4. The van der Waals surface area contributed by atoms with E-state index in [1.807, 2.05) is 38.3 Å². The lowest BCUT2D eigenvalue weighted by Gasteiger charge is -2.16. The van der Waals surface area contributed by atoms with E-state index >= 15 is 0 Å². The van der Waals surface area contributed by atoms with Gasteiger partial charge in [0.05, 0.1) is 6.54 Å². The molecule has 0 fully saturated rings. The van der Waals surface area contributed by atoms with Gasteiger partial charge in [0.15, 0.2) is 0 Å². The van der Waals surface area contributed by atoms with E-state index in [2.05, 4.69) is 62.1 Å². The van der Waals surface area contributed by atoms with Crippen LogP contribution in [0.25, 0.3) is 11.1 Å². The summed E-state index contributed by atoms with van der Waals surface area (Å²) in [5.41, 5.74) is 6.78. The zero-order valence-electron chi connectivity index (χ0n) is 17.4. The third kappa shape index (κ3) is 6.44. The van der Waals surface area contributed by atoms with Crippen LogP contribution in [0.3, 0.4) is 0 Å². The van der Waals surface area contributed by atoms with Crippen molar-refractivity contribution in [3.63, 3.8) is 0 Å². The van der Waals surface area contributed by atoms with Crippen LogP contribution < -0.4 is 0 Å². The minimum absolute atomic E-state index is 0.00947. The topological polar surface area (TPSA) is 40.5 Å². The average molecular weight is 388 g/mol. The summed E-state index contributed by atoms with van der Waals surface area (Å²) in [6, 6.07) is 16.7. The molecule has 0 aliphatic heterocycles. The zero-order chi connectivity index (χ0) is 21.2. The Hall–Kier alpha value is -3.17. The highest BCUT2D eigenvalue weighted by Gasteiger charge is 2.10. The molecule has 0 aliphatic rings. The molecule has 0 aromatic heterocycles. The summed E-state index contributed by atoms with van der Waals surface area (Å²) < 4.78 is 0. The molecule has 0 saturated heterocycles. The maximum absolute atomic E-state index is 11.0. The Balaban J connectivity index is 2.43. The summed E-state index contributed by atoms with van der Waals surface area (Å²) in [6.07, 6.45) is 9.97. The lowest BCUT2D eigenvalue weighted by atomic mass is 9.92. The van der Waals surface area contributed by atoms with Gasteiger partial charge < -0.3 is 5.11 Å². The van der Waals surface area contributed by atoms with Gasteiger partial charge in [0, 0.05) is 6.54 Å². The lowest BCUT2D eigenvalue weighted by Crippen LogP contribution is -2.25. The Morgan fingerprint density at radius 2 is 1.76 bits per heavy atom. The smallest absolute Gasteiger partial charge is 0.317 e. The van der Waals surface area contributed by atoms with Crippen molar-refractivity contribution >= 4 is 17.1 Å². The van der Waals surface area contributed by atoms with Crippen molar-refractivity contribution in [3.8, 4) is 0 Å². The van der Waals surface area contributed by atoms with E-state index in [9.17, 15) is 4.79 Å². The molecule has 2 rings (SSSR count). The Morgan fingerprint density at radius 1 is 1.10 bits per heavy atom. The number of hydrogen-bond acceptors (Lipinski definition) is 2. The predicted molar refractivity (Wildman–Crippen MR) is 123 cm³/mol. The number of nitrogens with zero attached hydrogens (tertiary/aromatic N) is 1. The van der Waals surface area contributed by atoms with Crippen LogP contribution in [0.4, 0.5) is 0 Å². The number of aliphatic carboxylic acids is 1. The van der Waals surface area contributed by atoms with E-state index in [1.165, 1.54) is 5.56 Å². The lowest BCUT2D eigenvalue weighted by molar-refractivity contribution is -0.137. The molecule has 2 aromatic carbocycles. The molecule has 0 aliphatic carbocycles. The fourth-order valence-corrected chi connectivity index (χ4v) is 3.20. The SMILES string of the molecule is C=C/C=C(\C=C/C)c1ccc(/C(=C/CN(C)CC(=O)O)c2ccccc2C)cc1. The van der Waals surface area contributed by atoms with E-state index in [4.69, 9.17) is 5.11 Å². The average Bonchev–Trinajstić information content (AvgIpc) is 2.69. The molecule has 3 nitrogen and oxygen atoms in total. The van der Waals surface area contributed by atoms with Gasteiger partial charge >= 0.3 is 5.97 Å². The summed E-state index contributed by atoms with van der Waals surface area (Å²) >= 11 is 0. The summed E-state index contributed by atoms with van der Waals surface area (Å²) in [7, 11) is 1.81. The Labute approximate surface area is 174 Å². The Morgan fingerprint density at radius 3 is 2.34 bits per heavy atom. The highest BCUT2D eigenvalue weighted by atomic mass is 16.4. The van der Waals surface area contributed by atoms with Gasteiger partial charge in [-0.1, -0.05) is 85.5 Å². The molecule has 0 radical (unpaired) electrons. The molecule has 0 bridgehead atoms. The van der Waals surface area contributed by atoms with Gasteiger partial charge in [-0.15, -0.1) is 0 Å². The molecular formula is C26H29NO2. The normalized spacial score (nSPS) is 12.6. The number of allylic oxidation sites excluding steroid dienone is 5. The van der Waals surface area contributed by atoms with Gasteiger partial charge in [0.2, 0.25) is 0 Å². The molecule has 2 aromatic rings. The van der Waals surface area contributed by atoms with Crippen LogP contribution in [0.5, 0.6) is 0 Å². The molecule has 1 N–H and O–H groups in total. The van der Waals surface area contributed by atoms with E-state index in [0.29, 0.717) is 6.54 Å². The number of rotatable bonds is 9. The molecule has 0 heterocycles. The van der Waals surface area contributed by atoms with Crippen LogP contribution in [-0.4, -0.2) is 36.1 Å². The molecular weight excluding hydrogens is 358 g/mol. The number of likely N-dealkylation sites (N-methyl/N-ethyl adjacent to an activating group) is 1. The molecule has 0 saturated carbocycles. The van der Waals surface area contributed by atoms with Gasteiger partial charge in [-0.3, -0.25) is 9.69 Å². The third-order valence-electron chi connectivity index (χ3n) is 4.62. The number of hydrogen-bond donors (Lipinski definition) is 1. The van der Waals surface area contributed by atoms with Crippen molar-refractivity contribution in [2.75, 3.05) is 20.1 Å². The van der Waals surface area contributed by atoms with Gasteiger partial charge in [-0.2, -0.15) is 0 Å². The highest BCUT2D eigenvalue weighted by molar-refractivity contribution is 5.83. The second-order valence-electron chi connectivity index (χ2n) is 6.96. The maximum atomic E-state index is 11.0. The fourth-order valence-electron chi connectivity index (χ4n) is 3.20. The van der Waals surface area contributed by atoms with Crippen molar-refractivity contribution in [2.24, 2.45) is 0 Å². The summed E-state index contributed by atoms with van der Waals surface area (Å²) in [5.74, 6) is -0.826. The Kier molecular flexibility index (Phi) is 8.38.